The molecule has 1 atom stereocenters. The van der Waals surface area contributed by atoms with E-state index in [1.165, 1.54) is 7.11 Å². The maximum absolute atomic E-state index is 12.0. The summed E-state index contributed by atoms with van der Waals surface area (Å²) < 4.78 is 4.69. The van der Waals surface area contributed by atoms with Crippen LogP contribution in [-0.2, 0) is 14.3 Å². The number of esters is 1. The predicted molar refractivity (Wildman–Crippen MR) is 83.0 cm³/mol. The van der Waals surface area contributed by atoms with E-state index in [4.69, 9.17) is 11.6 Å². The molecule has 116 valence electrons. The number of methoxy groups -OCH3 is 1. The number of amides is 1. The van der Waals surface area contributed by atoms with Gasteiger partial charge < -0.3 is 10.1 Å². The van der Waals surface area contributed by atoms with Crippen LogP contribution in [0.5, 0.6) is 0 Å². The first-order valence-electron chi connectivity index (χ1n) is 7.04. The molecule has 0 bridgehead atoms. The minimum atomic E-state index is -0.394. The monoisotopic (exact) mass is 311 g/mol. The molecule has 0 saturated heterocycles. The fourth-order valence-electron chi connectivity index (χ4n) is 1.88. The van der Waals surface area contributed by atoms with Crippen LogP contribution < -0.4 is 5.32 Å². The maximum atomic E-state index is 12.0. The molecule has 0 heterocycles. The highest BCUT2D eigenvalue weighted by atomic mass is 35.5. The van der Waals surface area contributed by atoms with Gasteiger partial charge in [0.05, 0.1) is 19.6 Å². The molecule has 0 spiro atoms. The summed E-state index contributed by atoms with van der Waals surface area (Å²) in [6.07, 6.45) is 1.37. The molecular formula is C16H22ClNO3. The summed E-state index contributed by atoms with van der Waals surface area (Å²) in [6, 6.07) is 6.69. The van der Waals surface area contributed by atoms with Gasteiger partial charge >= 0.3 is 5.97 Å². The summed E-state index contributed by atoms with van der Waals surface area (Å²) in [4.78, 5) is 23.5. The molecule has 0 aliphatic carbocycles. The molecule has 1 rings (SSSR count). The summed E-state index contributed by atoms with van der Waals surface area (Å²) >= 11 is 5.86. The average molecular weight is 312 g/mol. The van der Waals surface area contributed by atoms with Gasteiger partial charge in [-0.25, -0.2) is 0 Å². The molecule has 0 aliphatic rings. The predicted octanol–water partition coefficient (Wildman–Crippen LogP) is 3.50. The lowest BCUT2D eigenvalue weighted by molar-refractivity contribution is -0.141. The number of ether oxygens (including phenoxy) is 1. The minimum absolute atomic E-state index is 0.0625. The Morgan fingerprint density at radius 1 is 1.24 bits per heavy atom. The van der Waals surface area contributed by atoms with Crippen LogP contribution in [0.2, 0.25) is 5.02 Å². The van der Waals surface area contributed by atoms with Crippen LogP contribution in [0.4, 0.5) is 0 Å². The van der Waals surface area contributed by atoms with Crippen molar-refractivity contribution in [2.75, 3.05) is 7.11 Å². The van der Waals surface area contributed by atoms with E-state index in [1.54, 1.807) is 24.3 Å². The van der Waals surface area contributed by atoms with Crippen molar-refractivity contribution in [1.82, 2.24) is 5.32 Å². The van der Waals surface area contributed by atoms with Crippen LogP contribution in [0.3, 0.4) is 0 Å². The highest BCUT2D eigenvalue weighted by Gasteiger charge is 2.19. The highest BCUT2D eigenvalue weighted by Crippen LogP contribution is 2.20. The van der Waals surface area contributed by atoms with Crippen molar-refractivity contribution in [3.63, 3.8) is 0 Å². The van der Waals surface area contributed by atoms with Crippen LogP contribution in [0, 0.1) is 5.92 Å². The van der Waals surface area contributed by atoms with E-state index >= 15 is 0 Å². The van der Waals surface area contributed by atoms with Crippen LogP contribution in [0.1, 0.15) is 44.7 Å². The second kappa shape index (κ2) is 8.67. The van der Waals surface area contributed by atoms with Gasteiger partial charge in [0.1, 0.15) is 0 Å². The zero-order valence-electron chi connectivity index (χ0n) is 12.7. The van der Waals surface area contributed by atoms with Gasteiger partial charge in [0.2, 0.25) is 5.91 Å². The molecule has 21 heavy (non-hydrogen) atoms. The van der Waals surface area contributed by atoms with Crippen LogP contribution in [-0.4, -0.2) is 19.0 Å². The maximum Gasteiger partial charge on any atom is 0.307 e. The molecular weight excluding hydrogens is 290 g/mol. The first-order chi connectivity index (χ1) is 9.92. The Kier molecular flexibility index (Phi) is 7.23. The number of carbonyl (C=O) groups excluding carboxylic acids is 2. The van der Waals surface area contributed by atoms with Crippen molar-refractivity contribution in [1.29, 1.82) is 0 Å². The number of benzene rings is 1. The summed E-state index contributed by atoms with van der Waals surface area (Å²) in [5.41, 5.74) is 0.836. The Labute approximate surface area is 130 Å². The topological polar surface area (TPSA) is 55.4 Å². The summed E-state index contributed by atoms with van der Waals surface area (Å²) in [7, 11) is 1.34. The van der Waals surface area contributed by atoms with E-state index in [0.717, 1.165) is 12.0 Å². The molecule has 0 fully saturated rings. The van der Waals surface area contributed by atoms with Gasteiger partial charge in [-0.1, -0.05) is 37.6 Å². The Bertz CT molecular complexity index is 471. The van der Waals surface area contributed by atoms with Gasteiger partial charge in [-0.15, -0.1) is 0 Å². The lowest BCUT2D eigenvalue weighted by Crippen LogP contribution is -2.30. The molecule has 1 unspecified atom stereocenters. The third-order valence-corrected chi connectivity index (χ3v) is 3.41. The molecule has 1 aromatic carbocycles. The molecule has 5 heteroatoms. The molecule has 0 radical (unpaired) electrons. The zero-order valence-corrected chi connectivity index (χ0v) is 13.4. The van der Waals surface area contributed by atoms with E-state index in [1.807, 2.05) is 0 Å². The van der Waals surface area contributed by atoms with Gasteiger partial charge in [0.15, 0.2) is 0 Å². The number of hydrogen-bond acceptors (Lipinski definition) is 3. The van der Waals surface area contributed by atoms with E-state index < -0.39 is 6.04 Å². The minimum Gasteiger partial charge on any atom is -0.469 e. The van der Waals surface area contributed by atoms with Crippen molar-refractivity contribution in [2.24, 2.45) is 5.92 Å². The lowest BCUT2D eigenvalue weighted by Gasteiger charge is -2.18. The van der Waals surface area contributed by atoms with Gasteiger partial charge in [0.25, 0.3) is 0 Å². The van der Waals surface area contributed by atoms with Crippen molar-refractivity contribution in [2.45, 2.75) is 39.2 Å². The van der Waals surface area contributed by atoms with Crippen molar-refractivity contribution in [3.8, 4) is 0 Å². The normalized spacial score (nSPS) is 12.0. The molecule has 1 amide bonds. The fourth-order valence-corrected chi connectivity index (χ4v) is 2.01. The second-order valence-electron chi connectivity index (χ2n) is 5.38. The third kappa shape index (κ3) is 6.63. The summed E-state index contributed by atoms with van der Waals surface area (Å²) in [5.74, 6) is 0.0389. The SMILES string of the molecule is COC(=O)CC(NC(=O)CCC(C)C)c1ccc(Cl)cc1. The van der Waals surface area contributed by atoms with Crippen molar-refractivity contribution in [3.05, 3.63) is 34.9 Å². The summed E-state index contributed by atoms with van der Waals surface area (Å²) in [6.45, 7) is 4.14. The van der Waals surface area contributed by atoms with E-state index in [2.05, 4.69) is 23.9 Å². The third-order valence-electron chi connectivity index (χ3n) is 3.15. The zero-order chi connectivity index (χ0) is 15.8. The van der Waals surface area contributed by atoms with E-state index in [0.29, 0.717) is 17.4 Å². The number of nitrogens with one attached hydrogen (secondary N) is 1. The van der Waals surface area contributed by atoms with Gasteiger partial charge in [-0.2, -0.15) is 0 Å². The van der Waals surface area contributed by atoms with Gasteiger partial charge in [0, 0.05) is 11.4 Å². The Morgan fingerprint density at radius 2 is 1.86 bits per heavy atom. The van der Waals surface area contributed by atoms with Crippen LogP contribution in [0.15, 0.2) is 24.3 Å². The molecule has 4 nitrogen and oxygen atoms in total. The standard InChI is InChI=1S/C16H22ClNO3/c1-11(2)4-9-15(19)18-14(10-16(20)21-3)12-5-7-13(17)8-6-12/h5-8,11,14H,4,9-10H2,1-3H3,(H,18,19). The van der Waals surface area contributed by atoms with Crippen LogP contribution >= 0.6 is 11.6 Å². The van der Waals surface area contributed by atoms with Crippen molar-refractivity contribution >= 4 is 23.5 Å². The Hall–Kier alpha value is -1.55. The number of carbonyl (C=O) groups is 2. The van der Waals surface area contributed by atoms with E-state index in [9.17, 15) is 9.59 Å². The van der Waals surface area contributed by atoms with E-state index in [-0.39, 0.29) is 18.3 Å². The lowest BCUT2D eigenvalue weighted by atomic mass is 10.0. The second-order valence-corrected chi connectivity index (χ2v) is 5.82. The summed E-state index contributed by atoms with van der Waals surface area (Å²) in [5, 5.41) is 3.50. The number of hydrogen-bond donors (Lipinski definition) is 1. The largest absolute Gasteiger partial charge is 0.469 e. The molecule has 0 saturated carbocycles. The Balaban J connectivity index is 2.75. The van der Waals surface area contributed by atoms with Gasteiger partial charge in [-0.3, -0.25) is 9.59 Å². The van der Waals surface area contributed by atoms with Crippen molar-refractivity contribution < 1.29 is 14.3 Å². The molecule has 0 aromatic heterocycles. The van der Waals surface area contributed by atoms with Gasteiger partial charge in [-0.05, 0) is 30.0 Å². The molecule has 1 N–H and O–H groups in total. The first-order valence-corrected chi connectivity index (χ1v) is 7.41. The highest BCUT2D eigenvalue weighted by molar-refractivity contribution is 6.30. The molecule has 0 aliphatic heterocycles. The number of halogens is 1. The first kappa shape index (κ1) is 17.5. The number of rotatable bonds is 7. The molecule has 1 aromatic rings. The smallest absolute Gasteiger partial charge is 0.307 e. The fraction of sp³-hybridized carbons (Fsp3) is 0.500. The Morgan fingerprint density at radius 3 is 2.38 bits per heavy atom. The average Bonchev–Trinajstić information content (AvgIpc) is 2.45. The quantitative estimate of drug-likeness (QED) is 0.784. The van der Waals surface area contributed by atoms with Crippen LogP contribution in [0.25, 0.3) is 0 Å².